The van der Waals surface area contributed by atoms with E-state index in [2.05, 4.69) is 10.1 Å². The van der Waals surface area contributed by atoms with Crippen molar-refractivity contribution < 1.29 is 17.7 Å². The lowest BCUT2D eigenvalue weighted by Gasteiger charge is -2.22. The second-order valence-corrected chi connectivity index (χ2v) is 8.27. The van der Waals surface area contributed by atoms with Gasteiger partial charge in [-0.25, -0.2) is 17.7 Å². The molecule has 7 nitrogen and oxygen atoms in total. The van der Waals surface area contributed by atoms with Gasteiger partial charge in [0.2, 0.25) is 0 Å². The molecule has 0 saturated heterocycles. The summed E-state index contributed by atoms with van der Waals surface area (Å²) in [6.07, 6.45) is 1.19. The highest BCUT2D eigenvalue weighted by molar-refractivity contribution is 7.92. The maximum Gasteiger partial charge on any atom is 0.267 e. The second-order valence-electron chi connectivity index (χ2n) is 5.58. The molecule has 2 heterocycles. The third kappa shape index (κ3) is 4.18. The minimum Gasteiger partial charge on any atom is -0.496 e. The van der Waals surface area contributed by atoms with E-state index in [1.165, 1.54) is 31.5 Å². The van der Waals surface area contributed by atoms with Crippen molar-refractivity contribution in [2.75, 3.05) is 11.4 Å². The molecule has 10 heteroatoms. The number of ether oxygens (including phenoxy) is 1. The molecule has 0 N–H and O–H groups in total. The lowest BCUT2D eigenvalue weighted by Crippen LogP contribution is -2.31. The van der Waals surface area contributed by atoms with Gasteiger partial charge in [-0.05, 0) is 37.3 Å². The third-order valence-corrected chi connectivity index (χ3v) is 5.91. The van der Waals surface area contributed by atoms with Crippen LogP contribution in [0.2, 0.25) is 10.2 Å². The average Bonchev–Trinajstić information content (AvgIpc) is 3.06. The average molecular weight is 428 g/mol. The predicted octanol–water partition coefficient (Wildman–Crippen LogP) is 4.09. The quantitative estimate of drug-likeness (QED) is 0.550. The highest BCUT2D eigenvalue weighted by atomic mass is 35.5. The Bertz CT molecular complexity index is 1050. The first-order valence-electron chi connectivity index (χ1n) is 7.71. The maximum atomic E-state index is 13.2. The molecule has 0 atom stereocenters. The van der Waals surface area contributed by atoms with Gasteiger partial charge < -0.3 is 9.26 Å². The van der Waals surface area contributed by atoms with E-state index in [0.29, 0.717) is 22.1 Å². The molecule has 2 aromatic heterocycles. The zero-order valence-electron chi connectivity index (χ0n) is 14.4. The highest BCUT2D eigenvalue weighted by Gasteiger charge is 2.29. The number of benzene rings is 1. The van der Waals surface area contributed by atoms with Crippen LogP contribution in [0.25, 0.3) is 0 Å². The number of rotatable bonds is 6. The number of halogens is 2. The van der Waals surface area contributed by atoms with Gasteiger partial charge in [0.05, 0.1) is 13.7 Å². The lowest BCUT2D eigenvalue weighted by atomic mass is 10.2. The van der Waals surface area contributed by atoms with Gasteiger partial charge in [0.1, 0.15) is 21.6 Å². The smallest absolute Gasteiger partial charge is 0.267 e. The van der Waals surface area contributed by atoms with Crippen molar-refractivity contribution in [2.24, 2.45) is 0 Å². The van der Waals surface area contributed by atoms with Crippen molar-refractivity contribution in [2.45, 2.75) is 18.4 Å². The summed E-state index contributed by atoms with van der Waals surface area (Å²) >= 11 is 11.8. The Balaban J connectivity index is 2.10. The van der Waals surface area contributed by atoms with Crippen LogP contribution in [0.4, 0.5) is 5.82 Å². The van der Waals surface area contributed by atoms with Crippen LogP contribution in [-0.4, -0.2) is 25.7 Å². The van der Waals surface area contributed by atoms with Crippen LogP contribution in [0, 0.1) is 6.92 Å². The van der Waals surface area contributed by atoms with Gasteiger partial charge in [-0.3, -0.25) is 0 Å². The molecule has 0 bridgehead atoms. The van der Waals surface area contributed by atoms with Crippen molar-refractivity contribution in [3.05, 3.63) is 64.1 Å². The molecule has 0 radical (unpaired) electrons. The molecule has 0 fully saturated rings. The number of aryl methyl sites for hydroxylation is 1. The summed E-state index contributed by atoms with van der Waals surface area (Å²) in [4.78, 5) is 3.82. The summed E-state index contributed by atoms with van der Waals surface area (Å²) in [5, 5.41) is 4.49. The van der Waals surface area contributed by atoms with Crippen LogP contribution in [-0.2, 0) is 16.6 Å². The van der Waals surface area contributed by atoms with Gasteiger partial charge in [0.25, 0.3) is 10.0 Å². The monoisotopic (exact) mass is 427 g/mol. The van der Waals surface area contributed by atoms with Crippen molar-refractivity contribution in [3.63, 3.8) is 0 Å². The van der Waals surface area contributed by atoms with Gasteiger partial charge in [0.15, 0.2) is 5.82 Å². The number of anilines is 1. The Kier molecular flexibility index (Phi) is 5.59. The number of hydrogen-bond acceptors (Lipinski definition) is 6. The van der Waals surface area contributed by atoms with Crippen molar-refractivity contribution in [1.29, 1.82) is 0 Å². The molecule has 3 rings (SSSR count). The number of hydrogen-bond donors (Lipinski definition) is 0. The fourth-order valence-electron chi connectivity index (χ4n) is 2.43. The van der Waals surface area contributed by atoms with E-state index in [1.54, 1.807) is 25.1 Å². The fourth-order valence-corrected chi connectivity index (χ4v) is 4.06. The molecule has 0 unspecified atom stereocenters. The van der Waals surface area contributed by atoms with Gasteiger partial charge in [0, 0.05) is 22.8 Å². The lowest BCUT2D eigenvalue weighted by molar-refractivity contribution is 0.397. The van der Waals surface area contributed by atoms with Crippen molar-refractivity contribution in [1.82, 2.24) is 10.1 Å². The molecule has 0 aliphatic carbocycles. The van der Waals surface area contributed by atoms with Gasteiger partial charge >= 0.3 is 0 Å². The Morgan fingerprint density at radius 1 is 1.19 bits per heavy atom. The van der Waals surface area contributed by atoms with E-state index in [4.69, 9.17) is 32.5 Å². The van der Waals surface area contributed by atoms with E-state index >= 15 is 0 Å². The Morgan fingerprint density at radius 3 is 2.56 bits per heavy atom. The number of aromatic nitrogens is 2. The summed E-state index contributed by atoms with van der Waals surface area (Å²) in [6.45, 7) is 1.60. The summed E-state index contributed by atoms with van der Waals surface area (Å²) in [5.74, 6) is 1.09. The summed E-state index contributed by atoms with van der Waals surface area (Å²) in [6, 6.07) is 9.26. The summed E-state index contributed by atoms with van der Waals surface area (Å²) < 4.78 is 37.9. The number of pyridine rings is 1. The molecule has 3 aromatic rings. The van der Waals surface area contributed by atoms with Gasteiger partial charge in [-0.15, -0.1) is 0 Å². The Hall–Kier alpha value is -2.29. The zero-order valence-corrected chi connectivity index (χ0v) is 16.7. The van der Waals surface area contributed by atoms with Crippen LogP contribution >= 0.6 is 23.2 Å². The number of nitrogens with zero attached hydrogens (tertiary/aromatic N) is 3. The predicted molar refractivity (Wildman–Crippen MR) is 102 cm³/mol. The van der Waals surface area contributed by atoms with Crippen LogP contribution in [0.5, 0.6) is 5.75 Å². The molecule has 1 aromatic carbocycles. The van der Waals surface area contributed by atoms with Crippen LogP contribution in [0.15, 0.2) is 52.0 Å². The van der Waals surface area contributed by atoms with Crippen LogP contribution in [0.1, 0.15) is 11.3 Å². The first-order valence-corrected chi connectivity index (χ1v) is 9.91. The largest absolute Gasteiger partial charge is 0.496 e. The van der Waals surface area contributed by atoms with Crippen LogP contribution < -0.4 is 9.04 Å². The number of methoxy groups -OCH3 is 1. The molecule has 0 aliphatic heterocycles. The van der Waals surface area contributed by atoms with E-state index in [-0.39, 0.29) is 22.4 Å². The van der Waals surface area contributed by atoms with E-state index in [9.17, 15) is 8.42 Å². The van der Waals surface area contributed by atoms with Crippen molar-refractivity contribution >= 4 is 39.0 Å². The van der Waals surface area contributed by atoms with Crippen LogP contribution in [0.3, 0.4) is 0 Å². The fraction of sp³-hybridized carbons (Fsp3) is 0.176. The Morgan fingerprint density at radius 2 is 1.96 bits per heavy atom. The molecule has 0 aliphatic rings. The summed E-state index contributed by atoms with van der Waals surface area (Å²) in [7, 11) is -2.51. The van der Waals surface area contributed by atoms with E-state index in [1.807, 2.05) is 0 Å². The topological polar surface area (TPSA) is 85.5 Å². The normalized spacial score (nSPS) is 11.4. The Labute approximate surface area is 166 Å². The van der Waals surface area contributed by atoms with Gasteiger partial charge in [-0.2, -0.15) is 0 Å². The first kappa shape index (κ1) is 19.5. The molecular weight excluding hydrogens is 413 g/mol. The summed E-state index contributed by atoms with van der Waals surface area (Å²) in [5.41, 5.74) is 0.566. The number of sulfonamides is 1. The van der Waals surface area contributed by atoms with Gasteiger partial charge in [-0.1, -0.05) is 28.4 Å². The minimum atomic E-state index is -4.00. The zero-order chi connectivity index (χ0) is 19.6. The second kappa shape index (κ2) is 7.75. The standard InChI is InChI=1S/C17H15Cl2N3O4S/c1-11-7-17(21-26-11)22(10-12-8-13(18)3-5-15(12)25-2)27(23,24)14-4-6-16(19)20-9-14/h3-9H,10H2,1-2H3. The van der Waals surface area contributed by atoms with E-state index in [0.717, 1.165) is 4.31 Å². The first-order chi connectivity index (χ1) is 12.8. The molecule has 0 saturated carbocycles. The molecule has 0 spiro atoms. The third-order valence-electron chi connectivity index (χ3n) is 3.72. The molecule has 0 amide bonds. The minimum absolute atomic E-state index is 0.0338. The molecular formula is C17H15Cl2N3O4S. The van der Waals surface area contributed by atoms with Crippen molar-refractivity contribution in [3.8, 4) is 5.75 Å². The van der Waals surface area contributed by atoms with E-state index < -0.39 is 10.0 Å². The maximum absolute atomic E-state index is 13.2. The highest BCUT2D eigenvalue weighted by Crippen LogP contribution is 2.30. The molecule has 27 heavy (non-hydrogen) atoms. The molecule has 142 valence electrons. The SMILES string of the molecule is COc1ccc(Cl)cc1CN(c1cc(C)on1)S(=O)(=O)c1ccc(Cl)nc1.